The van der Waals surface area contributed by atoms with E-state index in [9.17, 15) is 9.59 Å². The summed E-state index contributed by atoms with van der Waals surface area (Å²) in [6, 6.07) is 10.3. The van der Waals surface area contributed by atoms with E-state index >= 15 is 0 Å². The number of ketones is 2. The van der Waals surface area contributed by atoms with Gasteiger partial charge >= 0.3 is 0 Å². The molecule has 1 aromatic carbocycles. The highest BCUT2D eigenvalue weighted by Gasteiger charge is 1.72. The van der Waals surface area contributed by atoms with Crippen LogP contribution in [0.2, 0.25) is 0 Å². The molecule has 0 aliphatic rings. The molecule has 0 aliphatic heterocycles. The Morgan fingerprint density at radius 2 is 1.07 bits per heavy atom. The van der Waals surface area contributed by atoms with Crippen molar-refractivity contribution in [3.8, 4) is 0 Å². The van der Waals surface area contributed by atoms with Gasteiger partial charge in [0.15, 0.2) is 0 Å². The highest BCUT2D eigenvalue weighted by molar-refractivity contribution is 5.72. The third-order valence-corrected chi connectivity index (χ3v) is 0.940. The molecule has 0 N–H and O–H groups in total. The zero-order chi connectivity index (χ0) is 12.3. The summed E-state index contributed by atoms with van der Waals surface area (Å²) in [5.74, 6) is 0.333. The van der Waals surface area contributed by atoms with Crippen LogP contribution in [0.5, 0.6) is 0 Å². The molecule has 0 amide bonds. The molecule has 0 radical (unpaired) electrons. The van der Waals surface area contributed by atoms with Crippen LogP contribution in [0.1, 0.15) is 33.3 Å². The van der Waals surface area contributed by atoms with Crippen LogP contribution in [0.3, 0.4) is 0 Å². The average molecular weight is 208 g/mol. The molecule has 84 valence electrons. The summed E-state index contributed by atoms with van der Waals surface area (Å²) in [5, 5.41) is 0. The van der Waals surface area contributed by atoms with E-state index in [1.165, 1.54) is 33.3 Å². The molecule has 0 saturated heterocycles. The molecule has 0 spiro atoms. The number of benzene rings is 1. The molecule has 2 nitrogen and oxygen atoms in total. The first kappa shape index (κ1) is 16.0. The first-order chi connectivity index (χ1) is 6.86. The van der Waals surface area contributed by atoms with Crippen molar-refractivity contribution in [1.29, 1.82) is 0 Å². The zero-order valence-corrected chi connectivity index (χ0v) is 10.2. The van der Waals surface area contributed by atoms with Crippen molar-refractivity contribution in [1.82, 2.24) is 0 Å². The molecule has 0 bridgehead atoms. The van der Waals surface area contributed by atoms with Gasteiger partial charge in [0.05, 0.1) is 0 Å². The van der Waals surface area contributed by atoms with E-state index in [1.807, 2.05) is 18.2 Å². The Labute approximate surface area is 92.3 Å². The van der Waals surface area contributed by atoms with Crippen LogP contribution in [-0.2, 0) is 9.59 Å². The van der Waals surface area contributed by atoms with Crippen molar-refractivity contribution < 1.29 is 9.59 Å². The van der Waals surface area contributed by atoms with Gasteiger partial charge in [0.1, 0.15) is 11.6 Å². The van der Waals surface area contributed by atoms with Crippen molar-refractivity contribution in [3.05, 3.63) is 35.9 Å². The van der Waals surface area contributed by atoms with Crippen LogP contribution >= 0.6 is 0 Å². The second-order valence-electron chi connectivity index (χ2n) is 3.47. The van der Waals surface area contributed by atoms with Crippen LogP contribution in [0, 0.1) is 6.92 Å². The Morgan fingerprint density at radius 3 is 1.20 bits per heavy atom. The Morgan fingerprint density at radius 1 is 0.800 bits per heavy atom. The van der Waals surface area contributed by atoms with Gasteiger partial charge in [0.2, 0.25) is 0 Å². The van der Waals surface area contributed by atoms with E-state index in [1.54, 1.807) is 0 Å². The van der Waals surface area contributed by atoms with Gasteiger partial charge in [-0.15, -0.1) is 0 Å². The number of Topliss-reactive ketones (excluding diaryl/α,β-unsaturated/α-hetero) is 2. The van der Waals surface area contributed by atoms with Crippen LogP contribution in [0.4, 0.5) is 0 Å². The topological polar surface area (TPSA) is 34.1 Å². The van der Waals surface area contributed by atoms with Gasteiger partial charge in [-0.25, -0.2) is 0 Å². The Balaban J connectivity index is 0. The first-order valence-corrected chi connectivity index (χ1v) is 4.82. The molecule has 0 aliphatic carbocycles. The number of hydrogen-bond acceptors (Lipinski definition) is 2. The molecular formula is C13H20O2. The second-order valence-corrected chi connectivity index (χ2v) is 3.47. The lowest BCUT2D eigenvalue weighted by molar-refractivity contribution is -0.115. The minimum atomic E-state index is 0.167. The lowest BCUT2D eigenvalue weighted by Gasteiger charge is -1.82. The maximum absolute atomic E-state index is 9.44. The van der Waals surface area contributed by atoms with Crippen molar-refractivity contribution in [2.75, 3.05) is 0 Å². The van der Waals surface area contributed by atoms with Gasteiger partial charge in [-0.05, 0) is 34.6 Å². The number of aryl methyl sites for hydroxylation is 1. The largest absolute Gasteiger partial charge is 0.300 e. The van der Waals surface area contributed by atoms with Crippen molar-refractivity contribution in [2.45, 2.75) is 34.6 Å². The molecule has 0 fully saturated rings. The van der Waals surface area contributed by atoms with Gasteiger partial charge in [-0.2, -0.15) is 0 Å². The van der Waals surface area contributed by atoms with Gasteiger partial charge in [0, 0.05) is 0 Å². The maximum atomic E-state index is 9.44. The van der Waals surface area contributed by atoms with Crippen LogP contribution in [0.15, 0.2) is 30.3 Å². The first-order valence-electron chi connectivity index (χ1n) is 4.82. The van der Waals surface area contributed by atoms with E-state index < -0.39 is 0 Å². The van der Waals surface area contributed by atoms with E-state index in [0.717, 1.165) is 0 Å². The molecular weight excluding hydrogens is 188 g/mol. The Bertz CT molecular complexity index is 256. The SMILES string of the molecule is CC(C)=O.CC(C)=O.Cc1ccccc1. The van der Waals surface area contributed by atoms with Gasteiger partial charge in [-0.1, -0.05) is 35.9 Å². The average Bonchev–Trinajstić information content (AvgIpc) is 2.03. The maximum Gasteiger partial charge on any atom is 0.126 e. The monoisotopic (exact) mass is 208 g/mol. The molecule has 0 unspecified atom stereocenters. The zero-order valence-electron chi connectivity index (χ0n) is 10.2. The molecule has 1 rings (SSSR count). The highest BCUT2D eigenvalue weighted by Crippen LogP contribution is 1.92. The molecule has 2 heteroatoms. The van der Waals surface area contributed by atoms with Crippen molar-refractivity contribution >= 4 is 11.6 Å². The lowest BCUT2D eigenvalue weighted by atomic mass is 10.2. The summed E-state index contributed by atoms with van der Waals surface area (Å²) >= 11 is 0. The third-order valence-electron chi connectivity index (χ3n) is 0.940. The Kier molecular flexibility index (Phi) is 11.4. The number of carbonyl (C=O) groups excluding carboxylic acids is 2. The number of carbonyl (C=O) groups is 2. The lowest BCUT2D eigenvalue weighted by Crippen LogP contribution is -1.69. The smallest absolute Gasteiger partial charge is 0.126 e. The predicted molar refractivity (Wildman–Crippen MR) is 63.9 cm³/mol. The summed E-state index contributed by atoms with van der Waals surface area (Å²) in [4.78, 5) is 18.9. The summed E-state index contributed by atoms with van der Waals surface area (Å²) in [5.41, 5.74) is 1.32. The predicted octanol–water partition coefficient (Wildman–Crippen LogP) is 3.19. The fourth-order valence-electron chi connectivity index (χ4n) is 0.534. The highest BCUT2D eigenvalue weighted by atomic mass is 16.1. The summed E-state index contributed by atoms with van der Waals surface area (Å²) in [6.07, 6.45) is 0. The van der Waals surface area contributed by atoms with Crippen LogP contribution in [-0.4, -0.2) is 11.6 Å². The van der Waals surface area contributed by atoms with E-state index in [2.05, 4.69) is 19.1 Å². The summed E-state index contributed by atoms with van der Waals surface area (Å²) in [7, 11) is 0. The third kappa shape index (κ3) is 32.5. The Hall–Kier alpha value is -1.44. The minimum Gasteiger partial charge on any atom is -0.300 e. The molecule has 0 heterocycles. The molecule has 15 heavy (non-hydrogen) atoms. The van der Waals surface area contributed by atoms with Crippen molar-refractivity contribution in [3.63, 3.8) is 0 Å². The number of hydrogen-bond donors (Lipinski definition) is 0. The molecule has 1 aromatic rings. The summed E-state index contributed by atoms with van der Waals surface area (Å²) in [6.45, 7) is 8.19. The fourth-order valence-corrected chi connectivity index (χ4v) is 0.534. The van der Waals surface area contributed by atoms with E-state index in [0.29, 0.717) is 0 Å². The van der Waals surface area contributed by atoms with E-state index in [4.69, 9.17) is 0 Å². The summed E-state index contributed by atoms with van der Waals surface area (Å²) < 4.78 is 0. The van der Waals surface area contributed by atoms with Crippen molar-refractivity contribution in [2.24, 2.45) is 0 Å². The molecule has 0 atom stereocenters. The van der Waals surface area contributed by atoms with Crippen LogP contribution in [0.25, 0.3) is 0 Å². The second kappa shape index (κ2) is 10.6. The van der Waals surface area contributed by atoms with E-state index in [-0.39, 0.29) is 11.6 Å². The quantitative estimate of drug-likeness (QED) is 0.656. The van der Waals surface area contributed by atoms with Crippen LogP contribution < -0.4 is 0 Å². The standard InChI is InChI=1S/C7H8.2C3H6O/c1-7-5-3-2-4-6-7;2*1-3(2)4/h2-6H,1H3;2*1-2H3. The number of rotatable bonds is 0. The van der Waals surface area contributed by atoms with Gasteiger partial charge < -0.3 is 9.59 Å². The minimum absolute atomic E-state index is 0.167. The molecule has 0 saturated carbocycles. The van der Waals surface area contributed by atoms with Gasteiger partial charge in [0.25, 0.3) is 0 Å². The fraction of sp³-hybridized carbons (Fsp3) is 0.385. The molecule has 0 aromatic heterocycles. The van der Waals surface area contributed by atoms with Gasteiger partial charge in [-0.3, -0.25) is 0 Å². The normalized spacial score (nSPS) is 7.53.